The lowest BCUT2D eigenvalue weighted by Crippen LogP contribution is -1.87. The number of sulfone groups is 1. The molecular weight excluding hydrogens is 156 g/mol. The van der Waals surface area contributed by atoms with Gasteiger partial charge in [-0.05, 0) is 11.4 Å². The van der Waals surface area contributed by atoms with Gasteiger partial charge >= 0.3 is 0 Å². The molecule has 1 rings (SSSR count). The molecule has 4 heteroatoms. The first-order valence-corrected chi connectivity index (χ1v) is 4.75. The summed E-state index contributed by atoms with van der Waals surface area (Å²) in [6.07, 6.45) is 3.00. The standard InChI is InChI=1S/C5H5O2S2/c1-9(6,7)5-3-2-4-8-5/h2-4H,1H2. The van der Waals surface area contributed by atoms with E-state index in [1.807, 2.05) is 0 Å². The summed E-state index contributed by atoms with van der Waals surface area (Å²) < 4.78 is 21.5. The fourth-order valence-corrected chi connectivity index (χ4v) is 1.93. The Morgan fingerprint density at radius 2 is 2.22 bits per heavy atom. The third-order valence-electron chi connectivity index (χ3n) is 0.802. The molecule has 0 bridgehead atoms. The highest BCUT2D eigenvalue weighted by molar-refractivity contribution is 7.94. The van der Waals surface area contributed by atoms with Crippen LogP contribution in [0.5, 0.6) is 0 Å². The molecular formula is C5H5O2S2. The highest BCUT2D eigenvalue weighted by Crippen LogP contribution is 2.15. The molecule has 0 aliphatic carbocycles. The zero-order valence-electron chi connectivity index (χ0n) is 4.57. The van der Waals surface area contributed by atoms with Gasteiger partial charge in [0.25, 0.3) is 0 Å². The zero-order chi connectivity index (χ0) is 6.91. The van der Waals surface area contributed by atoms with Crippen molar-refractivity contribution in [2.24, 2.45) is 0 Å². The van der Waals surface area contributed by atoms with Crippen molar-refractivity contribution in [2.45, 2.75) is 4.21 Å². The van der Waals surface area contributed by atoms with Gasteiger partial charge in [-0.15, -0.1) is 11.3 Å². The summed E-state index contributed by atoms with van der Waals surface area (Å²) in [5.41, 5.74) is 0. The second-order valence-electron chi connectivity index (χ2n) is 1.55. The van der Waals surface area contributed by atoms with E-state index in [-0.39, 0.29) is 0 Å². The summed E-state index contributed by atoms with van der Waals surface area (Å²) in [4.78, 5) is 0. The van der Waals surface area contributed by atoms with Gasteiger partial charge in [-0.3, -0.25) is 0 Å². The lowest BCUT2D eigenvalue weighted by Gasteiger charge is -1.85. The van der Waals surface area contributed by atoms with Crippen molar-refractivity contribution in [3.8, 4) is 0 Å². The van der Waals surface area contributed by atoms with Crippen LogP contribution in [0.15, 0.2) is 21.7 Å². The highest BCUT2D eigenvalue weighted by Gasteiger charge is 2.05. The summed E-state index contributed by atoms with van der Waals surface area (Å²) in [7, 11) is -3.19. The van der Waals surface area contributed by atoms with Crippen LogP contribution >= 0.6 is 11.3 Å². The normalized spacial score (nSPS) is 11.7. The van der Waals surface area contributed by atoms with E-state index < -0.39 is 9.84 Å². The fourth-order valence-electron chi connectivity index (χ4n) is 0.440. The monoisotopic (exact) mass is 161 g/mol. The molecule has 0 amide bonds. The lowest BCUT2D eigenvalue weighted by atomic mass is 10.7. The fraction of sp³-hybridized carbons (Fsp3) is 0. The maximum absolute atomic E-state index is 10.6. The molecule has 9 heavy (non-hydrogen) atoms. The Morgan fingerprint density at radius 3 is 2.44 bits per heavy atom. The predicted octanol–water partition coefficient (Wildman–Crippen LogP) is 1.31. The van der Waals surface area contributed by atoms with E-state index in [1.165, 1.54) is 17.4 Å². The molecule has 49 valence electrons. The van der Waals surface area contributed by atoms with Gasteiger partial charge in [0.05, 0.1) is 6.26 Å². The second-order valence-corrected chi connectivity index (χ2v) is 4.42. The van der Waals surface area contributed by atoms with Crippen molar-refractivity contribution in [3.63, 3.8) is 0 Å². The van der Waals surface area contributed by atoms with E-state index in [0.717, 1.165) is 0 Å². The molecule has 0 saturated carbocycles. The molecule has 0 atom stereocenters. The third kappa shape index (κ3) is 1.53. The van der Waals surface area contributed by atoms with Gasteiger partial charge in [0.15, 0.2) is 9.84 Å². The predicted molar refractivity (Wildman–Crippen MR) is 36.9 cm³/mol. The molecule has 0 fully saturated rings. The van der Waals surface area contributed by atoms with Crippen LogP contribution in [-0.2, 0) is 9.84 Å². The molecule has 0 aliphatic rings. The first-order chi connectivity index (χ1) is 4.11. The van der Waals surface area contributed by atoms with Crippen LogP contribution in [0.1, 0.15) is 0 Å². The summed E-state index contributed by atoms with van der Waals surface area (Å²) in [5, 5.41) is 1.71. The van der Waals surface area contributed by atoms with Gasteiger partial charge in [0.1, 0.15) is 4.21 Å². The third-order valence-corrected chi connectivity index (χ3v) is 3.26. The van der Waals surface area contributed by atoms with E-state index in [9.17, 15) is 8.42 Å². The Hall–Kier alpha value is -0.350. The van der Waals surface area contributed by atoms with Crippen molar-refractivity contribution in [1.29, 1.82) is 0 Å². The van der Waals surface area contributed by atoms with Crippen molar-refractivity contribution in [3.05, 3.63) is 23.8 Å². The van der Waals surface area contributed by atoms with E-state index >= 15 is 0 Å². The maximum Gasteiger partial charge on any atom is 0.188 e. The minimum atomic E-state index is -3.19. The average molecular weight is 161 g/mol. The van der Waals surface area contributed by atoms with Gasteiger partial charge in [-0.2, -0.15) is 0 Å². The summed E-state index contributed by atoms with van der Waals surface area (Å²) in [5.74, 6) is 0. The number of thiophene rings is 1. The SMILES string of the molecule is [CH2]S(=O)(=O)c1cccs1. The maximum atomic E-state index is 10.6. The quantitative estimate of drug-likeness (QED) is 0.622. The van der Waals surface area contributed by atoms with Crippen molar-refractivity contribution in [1.82, 2.24) is 0 Å². The summed E-state index contributed by atoms with van der Waals surface area (Å²) >= 11 is 1.18. The molecule has 2 nitrogen and oxygen atoms in total. The Kier molecular flexibility index (Phi) is 1.59. The van der Waals surface area contributed by atoms with Crippen LogP contribution in [0.25, 0.3) is 0 Å². The molecule has 0 spiro atoms. The van der Waals surface area contributed by atoms with E-state index in [0.29, 0.717) is 4.21 Å². The van der Waals surface area contributed by atoms with Crippen LogP contribution in [0.3, 0.4) is 0 Å². The largest absolute Gasteiger partial charge is 0.223 e. The Balaban J connectivity index is 3.20. The summed E-state index contributed by atoms with van der Waals surface area (Å²) in [6, 6.07) is 3.22. The van der Waals surface area contributed by atoms with Crippen LogP contribution in [0.4, 0.5) is 0 Å². The molecule has 1 aromatic rings. The van der Waals surface area contributed by atoms with Crippen LogP contribution < -0.4 is 0 Å². The number of hydrogen-bond donors (Lipinski definition) is 0. The minimum absolute atomic E-state index is 0.322. The van der Waals surface area contributed by atoms with Gasteiger partial charge < -0.3 is 0 Å². The Bertz CT molecular complexity index is 270. The number of rotatable bonds is 1. The van der Waals surface area contributed by atoms with Gasteiger partial charge in [-0.25, -0.2) is 8.42 Å². The topological polar surface area (TPSA) is 34.1 Å². The zero-order valence-corrected chi connectivity index (χ0v) is 6.21. The number of hydrogen-bond acceptors (Lipinski definition) is 3. The molecule has 0 unspecified atom stereocenters. The van der Waals surface area contributed by atoms with E-state index in [4.69, 9.17) is 0 Å². The molecule has 1 aromatic heterocycles. The molecule has 0 N–H and O–H groups in total. The summed E-state index contributed by atoms with van der Waals surface area (Å²) in [6.45, 7) is 0. The smallest absolute Gasteiger partial charge is 0.188 e. The van der Waals surface area contributed by atoms with Crippen LogP contribution in [0, 0.1) is 6.26 Å². The van der Waals surface area contributed by atoms with Crippen molar-refractivity contribution < 1.29 is 8.42 Å². The van der Waals surface area contributed by atoms with Gasteiger partial charge in [0.2, 0.25) is 0 Å². The molecule has 0 aromatic carbocycles. The molecule has 0 saturated heterocycles. The average Bonchev–Trinajstić information content (AvgIpc) is 2.08. The van der Waals surface area contributed by atoms with Crippen molar-refractivity contribution in [2.75, 3.05) is 0 Å². The Morgan fingerprint density at radius 1 is 1.56 bits per heavy atom. The van der Waals surface area contributed by atoms with E-state index in [2.05, 4.69) is 6.26 Å². The van der Waals surface area contributed by atoms with Crippen LogP contribution in [-0.4, -0.2) is 8.42 Å². The first kappa shape index (κ1) is 6.77. The van der Waals surface area contributed by atoms with Gasteiger partial charge in [-0.1, -0.05) is 6.07 Å². The molecule has 1 radical (unpaired) electrons. The van der Waals surface area contributed by atoms with E-state index in [1.54, 1.807) is 11.4 Å². The second kappa shape index (κ2) is 2.11. The van der Waals surface area contributed by atoms with Crippen LogP contribution in [0.2, 0.25) is 0 Å². The highest BCUT2D eigenvalue weighted by atomic mass is 32.2. The van der Waals surface area contributed by atoms with Crippen molar-refractivity contribution >= 4 is 21.2 Å². The molecule has 1 heterocycles. The first-order valence-electron chi connectivity index (χ1n) is 2.22. The molecule has 0 aliphatic heterocycles. The Labute approximate surface area is 58.1 Å². The lowest BCUT2D eigenvalue weighted by molar-refractivity contribution is 0.606. The van der Waals surface area contributed by atoms with Gasteiger partial charge in [0, 0.05) is 0 Å². The minimum Gasteiger partial charge on any atom is -0.223 e.